The summed E-state index contributed by atoms with van der Waals surface area (Å²) in [5.41, 5.74) is 1.46. The van der Waals surface area contributed by atoms with Crippen LogP contribution in [0.15, 0.2) is 30.3 Å². The number of nitrogens with zero attached hydrogens (tertiary/aromatic N) is 1. The Balaban J connectivity index is 2.23. The van der Waals surface area contributed by atoms with Gasteiger partial charge in [0.2, 0.25) is 0 Å². The number of benzene rings is 1. The number of rotatable bonds is 10. The largest absolute Gasteiger partial charge is 0.316 e. The first-order valence-electron chi connectivity index (χ1n) is 8.48. The Hall–Kier alpha value is -0.860. The first-order valence-corrected chi connectivity index (χ1v) is 8.48. The first kappa shape index (κ1) is 18.2. The standard InChI is InChI=1S/C19H34N2/c1-16(2)19(18-11-7-6-8-12-18)15-20-13-9-10-14-21(5)17(3)4/h6-8,11-12,16-17,19-20H,9-10,13-15H2,1-5H3. The summed E-state index contributed by atoms with van der Waals surface area (Å²) in [5, 5.41) is 3.65. The summed E-state index contributed by atoms with van der Waals surface area (Å²) in [4.78, 5) is 2.42. The highest BCUT2D eigenvalue weighted by molar-refractivity contribution is 5.20. The summed E-state index contributed by atoms with van der Waals surface area (Å²) < 4.78 is 0. The molecular formula is C19H34N2. The number of hydrogen-bond donors (Lipinski definition) is 1. The molecular weight excluding hydrogens is 256 g/mol. The Labute approximate surface area is 131 Å². The molecule has 1 atom stereocenters. The van der Waals surface area contributed by atoms with E-state index in [2.05, 4.69) is 75.3 Å². The second-order valence-electron chi connectivity index (χ2n) is 6.75. The van der Waals surface area contributed by atoms with Crippen molar-refractivity contribution in [3.8, 4) is 0 Å². The van der Waals surface area contributed by atoms with E-state index in [-0.39, 0.29) is 0 Å². The van der Waals surface area contributed by atoms with Gasteiger partial charge in [-0.15, -0.1) is 0 Å². The van der Waals surface area contributed by atoms with Crippen molar-refractivity contribution in [2.45, 2.75) is 52.5 Å². The van der Waals surface area contributed by atoms with Crippen molar-refractivity contribution in [2.75, 3.05) is 26.7 Å². The normalized spacial score (nSPS) is 13.3. The van der Waals surface area contributed by atoms with E-state index in [0.717, 1.165) is 13.1 Å². The van der Waals surface area contributed by atoms with Crippen molar-refractivity contribution in [3.05, 3.63) is 35.9 Å². The summed E-state index contributed by atoms with van der Waals surface area (Å²) in [6, 6.07) is 11.5. The van der Waals surface area contributed by atoms with E-state index >= 15 is 0 Å². The van der Waals surface area contributed by atoms with E-state index in [1.807, 2.05) is 0 Å². The minimum atomic E-state index is 0.615. The second kappa shape index (κ2) is 9.97. The molecule has 0 radical (unpaired) electrons. The Morgan fingerprint density at radius 3 is 2.24 bits per heavy atom. The van der Waals surface area contributed by atoms with Gasteiger partial charge in [-0.3, -0.25) is 0 Å². The van der Waals surface area contributed by atoms with Crippen LogP contribution in [0.1, 0.15) is 52.0 Å². The lowest BCUT2D eigenvalue weighted by atomic mass is 9.88. The number of unbranched alkanes of at least 4 members (excludes halogenated alkanes) is 1. The fourth-order valence-electron chi connectivity index (χ4n) is 2.57. The Bertz CT molecular complexity index is 359. The topological polar surface area (TPSA) is 15.3 Å². The van der Waals surface area contributed by atoms with Crippen LogP contribution >= 0.6 is 0 Å². The molecule has 0 aliphatic heterocycles. The van der Waals surface area contributed by atoms with Crippen molar-refractivity contribution in [1.82, 2.24) is 10.2 Å². The van der Waals surface area contributed by atoms with Crippen molar-refractivity contribution < 1.29 is 0 Å². The smallest absolute Gasteiger partial charge is 0.00355 e. The molecule has 0 aliphatic rings. The molecule has 1 N–H and O–H groups in total. The summed E-state index contributed by atoms with van der Waals surface area (Å²) in [6.07, 6.45) is 2.54. The van der Waals surface area contributed by atoms with E-state index in [4.69, 9.17) is 0 Å². The van der Waals surface area contributed by atoms with Gasteiger partial charge in [0.05, 0.1) is 0 Å². The molecule has 0 fully saturated rings. The molecule has 1 rings (SSSR count). The zero-order valence-corrected chi connectivity index (χ0v) is 14.6. The van der Waals surface area contributed by atoms with Gasteiger partial charge >= 0.3 is 0 Å². The molecule has 1 aromatic carbocycles. The third-order valence-electron chi connectivity index (χ3n) is 4.39. The van der Waals surface area contributed by atoms with Crippen LogP contribution in [-0.4, -0.2) is 37.6 Å². The van der Waals surface area contributed by atoms with Crippen molar-refractivity contribution in [3.63, 3.8) is 0 Å². The molecule has 0 saturated heterocycles. The average molecular weight is 290 g/mol. The molecule has 0 heterocycles. The lowest BCUT2D eigenvalue weighted by molar-refractivity contribution is 0.267. The third kappa shape index (κ3) is 7.10. The van der Waals surface area contributed by atoms with Gasteiger partial charge in [-0.05, 0) is 64.2 Å². The highest BCUT2D eigenvalue weighted by Crippen LogP contribution is 2.23. The average Bonchev–Trinajstić information content (AvgIpc) is 2.46. The molecule has 0 spiro atoms. The van der Waals surface area contributed by atoms with Crippen molar-refractivity contribution in [2.24, 2.45) is 5.92 Å². The highest BCUT2D eigenvalue weighted by atomic mass is 15.1. The van der Waals surface area contributed by atoms with Crippen LogP contribution in [0.3, 0.4) is 0 Å². The minimum absolute atomic E-state index is 0.615. The SMILES string of the molecule is CC(C)C(CNCCCCN(C)C(C)C)c1ccccc1. The fourth-order valence-corrected chi connectivity index (χ4v) is 2.57. The maximum absolute atomic E-state index is 3.65. The predicted molar refractivity (Wildman–Crippen MR) is 93.9 cm³/mol. The minimum Gasteiger partial charge on any atom is -0.316 e. The number of nitrogens with one attached hydrogen (secondary N) is 1. The summed E-state index contributed by atoms with van der Waals surface area (Å²) in [7, 11) is 2.21. The van der Waals surface area contributed by atoms with Crippen LogP contribution < -0.4 is 5.32 Å². The van der Waals surface area contributed by atoms with Crippen LogP contribution in [0, 0.1) is 5.92 Å². The molecule has 0 aliphatic carbocycles. The molecule has 21 heavy (non-hydrogen) atoms. The second-order valence-corrected chi connectivity index (χ2v) is 6.75. The van der Waals surface area contributed by atoms with Gasteiger partial charge in [0.15, 0.2) is 0 Å². The maximum Gasteiger partial charge on any atom is 0.00355 e. The van der Waals surface area contributed by atoms with E-state index in [1.54, 1.807) is 0 Å². The molecule has 1 unspecified atom stereocenters. The zero-order valence-electron chi connectivity index (χ0n) is 14.6. The van der Waals surface area contributed by atoms with Gasteiger partial charge in [0.25, 0.3) is 0 Å². The zero-order chi connectivity index (χ0) is 15.7. The van der Waals surface area contributed by atoms with Gasteiger partial charge in [0.1, 0.15) is 0 Å². The van der Waals surface area contributed by atoms with Gasteiger partial charge in [-0.25, -0.2) is 0 Å². The van der Waals surface area contributed by atoms with Gasteiger partial charge in [0, 0.05) is 12.6 Å². The fraction of sp³-hybridized carbons (Fsp3) is 0.684. The number of hydrogen-bond acceptors (Lipinski definition) is 2. The van der Waals surface area contributed by atoms with Crippen molar-refractivity contribution in [1.29, 1.82) is 0 Å². The van der Waals surface area contributed by atoms with Crippen LogP contribution in [0.25, 0.3) is 0 Å². The van der Waals surface area contributed by atoms with Crippen LogP contribution in [-0.2, 0) is 0 Å². The van der Waals surface area contributed by atoms with Crippen molar-refractivity contribution >= 4 is 0 Å². The van der Waals surface area contributed by atoms with Crippen LogP contribution in [0.2, 0.25) is 0 Å². The van der Waals surface area contributed by atoms with E-state index in [9.17, 15) is 0 Å². The maximum atomic E-state index is 3.65. The van der Waals surface area contributed by atoms with Crippen LogP contribution in [0.4, 0.5) is 0 Å². The van der Waals surface area contributed by atoms with E-state index in [1.165, 1.54) is 24.9 Å². The highest BCUT2D eigenvalue weighted by Gasteiger charge is 2.14. The summed E-state index contributed by atoms with van der Waals surface area (Å²) in [6.45, 7) is 12.6. The third-order valence-corrected chi connectivity index (χ3v) is 4.39. The molecule has 0 bridgehead atoms. The lowest BCUT2D eigenvalue weighted by Gasteiger charge is -2.23. The first-order chi connectivity index (χ1) is 10.0. The lowest BCUT2D eigenvalue weighted by Crippen LogP contribution is -2.29. The molecule has 120 valence electrons. The molecule has 2 nitrogen and oxygen atoms in total. The van der Waals surface area contributed by atoms with Gasteiger partial charge < -0.3 is 10.2 Å². The Morgan fingerprint density at radius 1 is 1.00 bits per heavy atom. The quantitative estimate of drug-likeness (QED) is 0.652. The molecule has 0 amide bonds. The molecule has 2 heteroatoms. The summed E-state index contributed by atoms with van der Waals surface area (Å²) in [5.74, 6) is 1.29. The summed E-state index contributed by atoms with van der Waals surface area (Å²) >= 11 is 0. The van der Waals surface area contributed by atoms with E-state index < -0.39 is 0 Å². The molecule has 0 aromatic heterocycles. The van der Waals surface area contributed by atoms with Gasteiger partial charge in [-0.1, -0.05) is 44.2 Å². The van der Waals surface area contributed by atoms with E-state index in [0.29, 0.717) is 17.9 Å². The Morgan fingerprint density at radius 2 is 1.67 bits per heavy atom. The van der Waals surface area contributed by atoms with Crippen LogP contribution in [0.5, 0.6) is 0 Å². The Kier molecular flexibility index (Phi) is 8.63. The van der Waals surface area contributed by atoms with Gasteiger partial charge in [-0.2, -0.15) is 0 Å². The molecule has 0 saturated carbocycles. The molecule has 1 aromatic rings. The monoisotopic (exact) mass is 290 g/mol. The predicted octanol–water partition coefficient (Wildman–Crippen LogP) is 4.14.